The summed E-state index contributed by atoms with van der Waals surface area (Å²) in [6.07, 6.45) is 0.00923. The molecule has 0 aromatic rings. The van der Waals surface area contributed by atoms with Crippen LogP contribution in [0.2, 0.25) is 0 Å². The zero-order valence-corrected chi connectivity index (χ0v) is 20.7. The van der Waals surface area contributed by atoms with E-state index in [1.54, 1.807) is 20.8 Å². The molecule has 0 bridgehead atoms. The van der Waals surface area contributed by atoms with Crippen molar-refractivity contribution < 1.29 is 38.6 Å². The molecule has 0 rings (SSSR count). The highest BCUT2D eigenvalue weighted by molar-refractivity contribution is 5.90. The molecule has 10 heteroatoms. The van der Waals surface area contributed by atoms with Crippen molar-refractivity contribution in [2.45, 2.75) is 73.3 Å². The number of Topliss-reactive ketones (excluding diaryl/α,β-unsaturated/α-hetero) is 2. The Hall–Kier alpha value is -2.33. The van der Waals surface area contributed by atoms with Crippen LogP contribution in [-0.4, -0.2) is 73.5 Å². The van der Waals surface area contributed by atoms with Crippen LogP contribution < -0.4 is 10.6 Å². The quantitative estimate of drug-likeness (QED) is 0.270. The monoisotopic (exact) mass is 472 g/mol. The topological polar surface area (TPSA) is 148 Å². The number of hydrogen-bond acceptors (Lipinski definition) is 7. The summed E-state index contributed by atoms with van der Waals surface area (Å²) in [4.78, 5) is 59.1. The number of amides is 2. The second kappa shape index (κ2) is 14.7. The van der Waals surface area contributed by atoms with E-state index in [9.17, 15) is 29.1 Å². The number of ketones is 2. The predicted molar refractivity (Wildman–Crippen MR) is 122 cm³/mol. The van der Waals surface area contributed by atoms with Gasteiger partial charge in [-0.15, -0.1) is 0 Å². The van der Waals surface area contributed by atoms with E-state index >= 15 is 0 Å². The summed E-state index contributed by atoms with van der Waals surface area (Å²) in [5, 5.41) is 14.2. The van der Waals surface area contributed by atoms with E-state index in [4.69, 9.17) is 9.47 Å². The Bertz CT molecular complexity index is 682. The fraction of sp³-hybridized carbons (Fsp3) is 0.783. The first-order valence-electron chi connectivity index (χ1n) is 11.2. The van der Waals surface area contributed by atoms with Gasteiger partial charge in [-0.1, -0.05) is 41.5 Å². The molecule has 0 fully saturated rings. The summed E-state index contributed by atoms with van der Waals surface area (Å²) >= 11 is 0. The van der Waals surface area contributed by atoms with Crippen LogP contribution in [0.4, 0.5) is 0 Å². The zero-order chi connectivity index (χ0) is 25.7. The standard InChI is InChI=1S/C23H40N2O8/c1-7-19(28)25-17(20(29)30)9-8-16(26)14-23(5,6)21(31)24-10-11-32-12-13-33-15-18(27)22(2,3)4/h17H,7-15H2,1-6H3,(H,24,31)(H,25,28)(H,29,30). The van der Waals surface area contributed by atoms with Crippen LogP contribution in [0.3, 0.4) is 0 Å². The molecule has 33 heavy (non-hydrogen) atoms. The number of hydrogen-bond donors (Lipinski definition) is 3. The number of ether oxygens (including phenoxy) is 2. The lowest BCUT2D eigenvalue weighted by atomic mass is 9.85. The van der Waals surface area contributed by atoms with Gasteiger partial charge in [0.2, 0.25) is 11.8 Å². The molecule has 0 aromatic heterocycles. The number of carboxylic acids is 1. The molecule has 0 aliphatic carbocycles. The minimum Gasteiger partial charge on any atom is -0.480 e. The third kappa shape index (κ3) is 13.7. The molecule has 1 unspecified atom stereocenters. The van der Waals surface area contributed by atoms with Crippen LogP contribution in [0.25, 0.3) is 0 Å². The first-order chi connectivity index (χ1) is 15.2. The van der Waals surface area contributed by atoms with Gasteiger partial charge in [0, 0.05) is 31.2 Å². The molecule has 2 amide bonds. The van der Waals surface area contributed by atoms with Crippen LogP contribution in [0.15, 0.2) is 0 Å². The van der Waals surface area contributed by atoms with Gasteiger partial charge in [0.05, 0.1) is 25.2 Å². The summed E-state index contributed by atoms with van der Waals surface area (Å²) in [7, 11) is 0. The van der Waals surface area contributed by atoms with Crippen LogP contribution in [0, 0.1) is 10.8 Å². The van der Waals surface area contributed by atoms with E-state index < -0.39 is 28.7 Å². The average Bonchev–Trinajstić information content (AvgIpc) is 2.70. The van der Waals surface area contributed by atoms with Gasteiger partial charge < -0.3 is 25.2 Å². The molecule has 0 aromatic carbocycles. The minimum absolute atomic E-state index is 0.00994. The lowest BCUT2D eigenvalue weighted by Crippen LogP contribution is -2.41. The average molecular weight is 473 g/mol. The maximum Gasteiger partial charge on any atom is 0.326 e. The Morgan fingerprint density at radius 1 is 0.939 bits per heavy atom. The van der Waals surface area contributed by atoms with Gasteiger partial charge in [0.1, 0.15) is 18.4 Å². The largest absolute Gasteiger partial charge is 0.480 e. The first kappa shape index (κ1) is 30.7. The fourth-order valence-corrected chi connectivity index (χ4v) is 2.60. The summed E-state index contributed by atoms with van der Waals surface area (Å²) in [5.41, 5.74) is -1.42. The maximum absolute atomic E-state index is 12.4. The van der Waals surface area contributed by atoms with Crippen LogP contribution >= 0.6 is 0 Å². The molecule has 0 saturated carbocycles. The molecular formula is C23H40N2O8. The van der Waals surface area contributed by atoms with Crippen molar-refractivity contribution >= 4 is 29.4 Å². The minimum atomic E-state index is -1.20. The lowest BCUT2D eigenvalue weighted by Gasteiger charge is -2.23. The summed E-state index contributed by atoms with van der Waals surface area (Å²) < 4.78 is 10.6. The third-order valence-electron chi connectivity index (χ3n) is 4.89. The number of carbonyl (C=O) groups is 5. The van der Waals surface area contributed by atoms with Crippen molar-refractivity contribution in [2.24, 2.45) is 10.8 Å². The van der Waals surface area contributed by atoms with E-state index in [1.807, 2.05) is 20.8 Å². The Kier molecular flexibility index (Phi) is 13.7. The third-order valence-corrected chi connectivity index (χ3v) is 4.89. The Morgan fingerprint density at radius 2 is 1.55 bits per heavy atom. The highest BCUT2D eigenvalue weighted by Crippen LogP contribution is 2.22. The Morgan fingerprint density at radius 3 is 2.09 bits per heavy atom. The fourth-order valence-electron chi connectivity index (χ4n) is 2.60. The molecule has 0 saturated heterocycles. The van der Waals surface area contributed by atoms with Gasteiger partial charge in [0.15, 0.2) is 5.78 Å². The molecule has 0 radical (unpaired) electrons. The van der Waals surface area contributed by atoms with Crippen molar-refractivity contribution in [1.29, 1.82) is 0 Å². The molecule has 3 N–H and O–H groups in total. The van der Waals surface area contributed by atoms with Gasteiger partial charge in [-0.25, -0.2) is 4.79 Å². The van der Waals surface area contributed by atoms with E-state index in [-0.39, 0.29) is 76.1 Å². The molecule has 190 valence electrons. The molecular weight excluding hydrogens is 432 g/mol. The lowest BCUT2D eigenvalue weighted by molar-refractivity contribution is -0.142. The molecule has 1 atom stereocenters. The number of aliphatic carboxylic acids is 1. The van der Waals surface area contributed by atoms with Gasteiger partial charge in [-0.3, -0.25) is 19.2 Å². The van der Waals surface area contributed by atoms with Gasteiger partial charge >= 0.3 is 5.97 Å². The van der Waals surface area contributed by atoms with E-state index in [2.05, 4.69) is 10.6 Å². The first-order valence-corrected chi connectivity index (χ1v) is 11.2. The Balaban J connectivity index is 4.18. The second-order valence-electron chi connectivity index (χ2n) is 9.54. The molecule has 0 aliphatic rings. The van der Waals surface area contributed by atoms with Crippen molar-refractivity contribution in [3.05, 3.63) is 0 Å². The predicted octanol–water partition coefficient (Wildman–Crippen LogP) is 1.50. The van der Waals surface area contributed by atoms with E-state index in [1.165, 1.54) is 0 Å². The van der Waals surface area contributed by atoms with Crippen molar-refractivity contribution in [2.75, 3.05) is 33.0 Å². The van der Waals surface area contributed by atoms with Crippen molar-refractivity contribution in [3.8, 4) is 0 Å². The van der Waals surface area contributed by atoms with Gasteiger partial charge in [0.25, 0.3) is 0 Å². The highest BCUT2D eigenvalue weighted by Gasteiger charge is 2.31. The van der Waals surface area contributed by atoms with Gasteiger partial charge in [-0.05, 0) is 6.42 Å². The smallest absolute Gasteiger partial charge is 0.326 e. The zero-order valence-electron chi connectivity index (χ0n) is 20.7. The van der Waals surface area contributed by atoms with Crippen LogP contribution in [-0.2, 0) is 33.4 Å². The Labute approximate surface area is 196 Å². The van der Waals surface area contributed by atoms with E-state index in [0.29, 0.717) is 0 Å². The SMILES string of the molecule is CCC(=O)NC(CCC(=O)CC(C)(C)C(=O)NCCOCCOCC(=O)C(C)(C)C)C(=O)O. The van der Waals surface area contributed by atoms with E-state index in [0.717, 1.165) is 0 Å². The maximum atomic E-state index is 12.4. The molecule has 10 nitrogen and oxygen atoms in total. The summed E-state index contributed by atoms with van der Waals surface area (Å²) in [6.45, 7) is 11.4. The second-order valence-corrected chi connectivity index (χ2v) is 9.54. The van der Waals surface area contributed by atoms with Crippen molar-refractivity contribution in [1.82, 2.24) is 10.6 Å². The summed E-state index contributed by atoms with van der Waals surface area (Å²) in [5.74, 6) is -2.17. The highest BCUT2D eigenvalue weighted by atomic mass is 16.5. The number of carboxylic acid groups (broad SMARTS) is 1. The summed E-state index contributed by atoms with van der Waals surface area (Å²) in [6, 6.07) is -1.13. The van der Waals surface area contributed by atoms with Gasteiger partial charge in [-0.2, -0.15) is 0 Å². The molecule has 0 spiro atoms. The van der Waals surface area contributed by atoms with Crippen molar-refractivity contribution in [3.63, 3.8) is 0 Å². The van der Waals surface area contributed by atoms with Crippen LogP contribution in [0.5, 0.6) is 0 Å². The molecule has 0 heterocycles. The molecule has 0 aliphatic heterocycles. The number of nitrogens with one attached hydrogen (secondary N) is 2. The number of rotatable bonds is 17. The normalized spacial score (nSPS) is 12.7. The van der Waals surface area contributed by atoms with Crippen LogP contribution in [0.1, 0.15) is 67.2 Å². The number of carbonyl (C=O) groups excluding carboxylic acids is 4.